The number of piperidine rings is 1. The summed E-state index contributed by atoms with van der Waals surface area (Å²) in [7, 11) is 0. The summed E-state index contributed by atoms with van der Waals surface area (Å²) in [6.45, 7) is 5.53. The minimum Gasteiger partial charge on any atom is -0.372 e. The van der Waals surface area contributed by atoms with E-state index in [9.17, 15) is 14.4 Å². The topological polar surface area (TPSA) is 81.8 Å². The van der Waals surface area contributed by atoms with Gasteiger partial charge in [-0.05, 0) is 57.4 Å². The summed E-state index contributed by atoms with van der Waals surface area (Å²) in [6, 6.07) is 7.36. The molecule has 140 valence electrons. The van der Waals surface area contributed by atoms with Crippen LogP contribution in [0.1, 0.15) is 39.5 Å². The number of carbonyl (C=O) groups is 3. The predicted molar refractivity (Wildman–Crippen MR) is 100 cm³/mol. The minimum atomic E-state index is -0.905. The number of hydrogen-bond acceptors (Lipinski definition) is 4. The normalized spacial score (nSPS) is 19.5. The van der Waals surface area contributed by atoms with E-state index in [2.05, 4.69) is 15.5 Å². The number of amides is 4. The Bertz CT molecular complexity index is 693. The molecular weight excluding hydrogens is 332 g/mol. The lowest BCUT2D eigenvalue weighted by atomic mass is 10.1. The highest BCUT2D eigenvalue weighted by molar-refractivity contribution is 6.06. The lowest BCUT2D eigenvalue weighted by molar-refractivity contribution is -0.130. The van der Waals surface area contributed by atoms with E-state index in [-0.39, 0.29) is 24.8 Å². The molecule has 3 rings (SSSR count). The molecule has 4 amide bonds. The summed E-state index contributed by atoms with van der Waals surface area (Å²) in [6.07, 6.45) is 3.80. The number of nitrogens with one attached hydrogen (secondary N) is 2. The molecule has 7 nitrogen and oxygen atoms in total. The number of urea groups is 1. The first-order valence-corrected chi connectivity index (χ1v) is 9.16. The Balaban J connectivity index is 1.50. The van der Waals surface area contributed by atoms with Crippen molar-refractivity contribution in [1.29, 1.82) is 0 Å². The van der Waals surface area contributed by atoms with Crippen LogP contribution in [0.4, 0.5) is 16.2 Å². The second-order valence-electron chi connectivity index (χ2n) is 7.40. The molecule has 2 heterocycles. The molecule has 26 heavy (non-hydrogen) atoms. The lowest BCUT2D eigenvalue weighted by Crippen LogP contribution is -2.40. The van der Waals surface area contributed by atoms with Gasteiger partial charge in [-0.15, -0.1) is 0 Å². The zero-order chi connectivity index (χ0) is 18.7. The average molecular weight is 358 g/mol. The third-order valence-corrected chi connectivity index (χ3v) is 4.88. The molecule has 7 heteroatoms. The van der Waals surface area contributed by atoms with Crippen LogP contribution in [0.5, 0.6) is 0 Å². The van der Waals surface area contributed by atoms with Crippen molar-refractivity contribution in [3.05, 3.63) is 24.3 Å². The third kappa shape index (κ3) is 3.98. The Hall–Kier alpha value is -2.57. The van der Waals surface area contributed by atoms with E-state index in [0.29, 0.717) is 5.69 Å². The second-order valence-corrected chi connectivity index (χ2v) is 7.40. The van der Waals surface area contributed by atoms with Crippen LogP contribution < -0.4 is 15.5 Å². The molecule has 1 aromatic carbocycles. The van der Waals surface area contributed by atoms with E-state index < -0.39 is 11.6 Å². The van der Waals surface area contributed by atoms with Crippen molar-refractivity contribution in [2.24, 2.45) is 0 Å². The van der Waals surface area contributed by atoms with Crippen molar-refractivity contribution in [2.75, 3.05) is 29.9 Å². The van der Waals surface area contributed by atoms with Crippen molar-refractivity contribution in [3.8, 4) is 0 Å². The van der Waals surface area contributed by atoms with Crippen LogP contribution in [0.25, 0.3) is 0 Å². The molecule has 0 atom stereocenters. The summed E-state index contributed by atoms with van der Waals surface area (Å²) in [4.78, 5) is 39.5. The van der Waals surface area contributed by atoms with Crippen LogP contribution in [-0.2, 0) is 9.59 Å². The van der Waals surface area contributed by atoms with Gasteiger partial charge in [0.25, 0.3) is 5.91 Å². The van der Waals surface area contributed by atoms with E-state index in [1.165, 1.54) is 24.9 Å². The van der Waals surface area contributed by atoms with Crippen molar-refractivity contribution in [1.82, 2.24) is 10.2 Å². The first-order valence-electron chi connectivity index (χ1n) is 9.16. The Morgan fingerprint density at radius 1 is 1.12 bits per heavy atom. The van der Waals surface area contributed by atoms with Crippen LogP contribution in [0.3, 0.4) is 0 Å². The zero-order valence-electron chi connectivity index (χ0n) is 15.4. The fourth-order valence-corrected chi connectivity index (χ4v) is 3.37. The Labute approximate surface area is 153 Å². The molecule has 0 spiro atoms. The van der Waals surface area contributed by atoms with Gasteiger partial charge in [0.05, 0.1) is 0 Å². The number of hydrogen-bond donors (Lipinski definition) is 2. The number of benzene rings is 1. The third-order valence-electron chi connectivity index (χ3n) is 4.88. The molecular formula is C19H26N4O3. The zero-order valence-corrected chi connectivity index (χ0v) is 15.4. The monoisotopic (exact) mass is 358 g/mol. The van der Waals surface area contributed by atoms with Gasteiger partial charge in [0.1, 0.15) is 5.54 Å². The summed E-state index contributed by atoms with van der Waals surface area (Å²) in [5.74, 6) is -0.526. The number of anilines is 2. The van der Waals surface area contributed by atoms with E-state index >= 15 is 0 Å². The van der Waals surface area contributed by atoms with Gasteiger partial charge in [0.2, 0.25) is 5.91 Å². The van der Waals surface area contributed by atoms with Gasteiger partial charge >= 0.3 is 6.03 Å². The van der Waals surface area contributed by atoms with Gasteiger partial charge in [0, 0.05) is 37.4 Å². The molecule has 0 unspecified atom stereocenters. The van der Waals surface area contributed by atoms with Gasteiger partial charge in [-0.1, -0.05) is 0 Å². The molecule has 2 aliphatic heterocycles. The highest BCUT2D eigenvalue weighted by atomic mass is 16.2. The summed E-state index contributed by atoms with van der Waals surface area (Å²) in [5.41, 5.74) is 0.982. The van der Waals surface area contributed by atoms with E-state index in [1.54, 1.807) is 13.8 Å². The molecule has 0 saturated carbocycles. The number of imide groups is 1. The molecule has 2 saturated heterocycles. The van der Waals surface area contributed by atoms with Crippen molar-refractivity contribution in [2.45, 2.75) is 45.1 Å². The maximum atomic E-state index is 12.1. The minimum absolute atomic E-state index is 0.0725. The molecule has 1 aromatic rings. The van der Waals surface area contributed by atoms with E-state index in [0.717, 1.165) is 18.0 Å². The van der Waals surface area contributed by atoms with Gasteiger partial charge in [-0.2, -0.15) is 0 Å². The molecule has 2 aliphatic rings. The van der Waals surface area contributed by atoms with Crippen molar-refractivity contribution in [3.63, 3.8) is 0 Å². The standard InChI is InChI=1S/C19H26N4O3/c1-19(2)17(25)23(18(26)21-19)13-10-16(24)20-14-6-8-15(9-7-14)22-11-4-3-5-12-22/h6-9H,3-5,10-13H2,1-2H3,(H,20,24)(H,21,26). The van der Waals surface area contributed by atoms with Crippen LogP contribution in [-0.4, -0.2) is 47.9 Å². The predicted octanol–water partition coefficient (Wildman–Crippen LogP) is 2.34. The largest absolute Gasteiger partial charge is 0.372 e. The second kappa shape index (κ2) is 7.35. The number of carbonyl (C=O) groups excluding carboxylic acids is 3. The van der Waals surface area contributed by atoms with Gasteiger partial charge in [-0.25, -0.2) is 4.79 Å². The highest BCUT2D eigenvalue weighted by Gasteiger charge is 2.43. The fraction of sp³-hybridized carbons (Fsp3) is 0.526. The van der Waals surface area contributed by atoms with Crippen LogP contribution in [0, 0.1) is 0 Å². The average Bonchev–Trinajstić information content (AvgIpc) is 2.82. The van der Waals surface area contributed by atoms with E-state index in [4.69, 9.17) is 0 Å². The van der Waals surface area contributed by atoms with Gasteiger partial charge in [-0.3, -0.25) is 14.5 Å². The quantitative estimate of drug-likeness (QED) is 0.792. The summed E-state index contributed by atoms with van der Waals surface area (Å²) >= 11 is 0. The van der Waals surface area contributed by atoms with Crippen LogP contribution >= 0.6 is 0 Å². The first kappa shape index (κ1) is 18.2. The SMILES string of the molecule is CC1(C)NC(=O)N(CCC(=O)Nc2ccc(N3CCCCC3)cc2)C1=O. The molecule has 2 N–H and O–H groups in total. The Morgan fingerprint density at radius 3 is 2.35 bits per heavy atom. The van der Waals surface area contributed by atoms with Crippen LogP contribution in [0.15, 0.2) is 24.3 Å². The van der Waals surface area contributed by atoms with Crippen molar-refractivity contribution >= 4 is 29.2 Å². The summed E-state index contributed by atoms with van der Waals surface area (Å²) in [5, 5.41) is 5.42. The van der Waals surface area contributed by atoms with Gasteiger partial charge in [0.15, 0.2) is 0 Å². The molecule has 2 fully saturated rings. The maximum absolute atomic E-state index is 12.1. The van der Waals surface area contributed by atoms with Gasteiger partial charge < -0.3 is 15.5 Å². The Kier molecular flexibility index (Phi) is 5.15. The molecule has 0 radical (unpaired) electrons. The maximum Gasteiger partial charge on any atom is 0.325 e. The van der Waals surface area contributed by atoms with E-state index in [1.807, 2.05) is 24.3 Å². The molecule has 0 aromatic heterocycles. The lowest BCUT2D eigenvalue weighted by Gasteiger charge is -2.28. The van der Waals surface area contributed by atoms with Crippen LogP contribution in [0.2, 0.25) is 0 Å². The highest BCUT2D eigenvalue weighted by Crippen LogP contribution is 2.22. The molecule has 0 bridgehead atoms. The summed E-state index contributed by atoms with van der Waals surface area (Å²) < 4.78 is 0. The first-order chi connectivity index (χ1) is 12.4. The molecule has 0 aliphatic carbocycles. The van der Waals surface area contributed by atoms with Crippen molar-refractivity contribution < 1.29 is 14.4 Å². The smallest absolute Gasteiger partial charge is 0.325 e. The number of nitrogens with zero attached hydrogens (tertiary/aromatic N) is 2. The number of rotatable bonds is 5. The Morgan fingerprint density at radius 2 is 1.77 bits per heavy atom. The fourth-order valence-electron chi connectivity index (χ4n) is 3.37.